The Kier molecular flexibility index (Phi) is 5.38. The summed E-state index contributed by atoms with van der Waals surface area (Å²) >= 11 is 0. The molecule has 134 valence electrons. The monoisotopic (exact) mass is 350 g/mol. The fourth-order valence-electron chi connectivity index (χ4n) is 2.77. The van der Waals surface area contributed by atoms with Gasteiger partial charge in [0.25, 0.3) is 5.91 Å². The van der Waals surface area contributed by atoms with E-state index in [2.05, 4.69) is 25.3 Å². The lowest BCUT2D eigenvalue weighted by atomic mass is 10.1. The molecular weight excluding hydrogens is 328 g/mol. The summed E-state index contributed by atoms with van der Waals surface area (Å²) in [5.74, 6) is 0.565. The van der Waals surface area contributed by atoms with Gasteiger partial charge in [0.2, 0.25) is 0 Å². The van der Waals surface area contributed by atoms with Crippen LogP contribution in [0.5, 0.6) is 0 Å². The maximum Gasteiger partial charge on any atom is 0.256 e. The van der Waals surface area contributed by atoms with Crippen molar-refractivity contribution in [1.29, 1.82) is 0 Å². The molecule has 0 aliphatic carbocycles. The molecule has 3 rings (SSSR count). The molecule has 26 heavy (non-hydrogen) atoms. The highest BCUT2D eigenvalue weighted by atomic mass is 16.1. The average Bonchev–Trinajstić information content (AvgIpc) is 2.94. The highest BCUT2D eigenvalue weighted by Gasteiger charge is 2.12. The number of amides is 1. The van der Waals surface area contributed by atoms with Crippen LogP contribution in [0.25, 0.3) is 0 Å². The van der Waals surface area contributed by atoms with Gasteiger partial charge in [-0.05, 0) is 31.7 Å². The van der Waals surface area contributed by atoms with E-state index in [1.165, 1.54) is 0 Å². The maximum atomic E-state index is 12.6. The summed E-state index contributed by atoms with van der Waals surface area (Å²) in [7, 11) is 3.82. The van der Waals surface area contributed by atoms with Crippen molar-refractivity contribution in [2.24, 2.45) is 7.05 Å². The van der Waals surface area contributed by atoms with Crippen molar-refractivity contribution in [1.82, 2.24) is 24.6 Å². The Hall–Kier alpha value is -3.06. The quantitative estimate of drug-likeness (QED) is 0.739. The minimum Gasteiger partial charge on any atom is -0.307 e. The number of carbonyl (C=O) groups excluding carboxylic acids is 1. The van der Waals surface area contributed by atoms with Crippen LogP contribution in [0.3, 0.4) is 0 Å². The Morgan fingerprint density at radius 1 is 1.23 bits per heavy atom. The van der Waals surface area contributed by atoms with E-state index < -0.39 is 0 Å². The molecule has 1 N–H and O–H groups in total. The van der Waals surface area contributed by atoms with Gasteiger partial charge in [0.1, 0.15) is 5.82 Å². The molecule has 0 fully saturated rings. The van der Waals surface area contributed by atoms with Gasteiger partial charge in [-0.2, -0.15) is 5.10 Å². The third-order valence-corrected chi connectivity index (χ3v) is 4.04. The second-order valence-corrected chi connectivity index (χ2v) is 6.32. The Labute approximate surface area is 152 Å². The summed E-state index contributed by atoms with van der Waals surface area (Å²) < 4.78 is 1.66. The molecule has 0 saturated heterocycles. The minimum atomic E-state index is -0.143. The van der Waals surface area contributed by atoms with Crippen LogP contribution in [0.15, 0.2) is 49.1 Å². The molecule has 0 aliphatic heterocycles. The van der Waals surface area contributed by atoms with Gasteiger partial charge >= 0.3 is 0 Å². The first-order valence-electron chi connectivity index (χ1n) is 8.35. The van der Waals surface area contributed by atoms with E-state index in [0.717, 1.165) is 16.8 Å². The van der Waals surface area contributed by atoms with Crippen molar-refractivity contribution in [2.75, 3.05) is 12.4 Å². The van der Waals surface area contributed by atoms with Gasteiger partial charge in [-0.15, -0.1) is 0 Å². The van der Waals surface area contributed by atoms with Gasteiger partial charge < -0.3 is 5.32 Å². The van der Waals surface area contributed by atoms with Gasteiger partial charge in [-0.25, -0.2) is 0 Å². The first-order valence-corrected chi connectivity index (χ1v) is 8.35. The van der Waals surface area contributed by atoms with E-state index >= 15 is 0 Å². The van der Waals surface area contributed by atoms with E-state index in [1.807, 2.05) is 38.2 Å². The zero-order chi connectivity index (χ0) is 18.5. The van der Waals surface area contributed by atoms with E-state index in [4.69, 9.17) is 0 Å². The number of hydrogen-bond donors (Lipinski definition) is 1. The van der Waals surface area contributed by atoms with E-state index in [-0.39, 0.29) is 5.91 Å². The van der Waals surface area contributed by atoms with Crippen molar-refractivity contribution in [3.63, 3.8) is 0 Å². The number of nitrogens with one attached hydrogen (secondary N) is 1. The summed E-state index contributed by atoms with van der Waals surface area (Å²) in [5, 5.41) is 7.07. The molecule has 0 atom stereocenters. The number of anilines is 1. The number of benzene rings is 1. The average molecular weight is 350 g/mol. The van der Waals surface area contributed by atoms with Crippen LogP contribution in [0, 0.1) is 6.92 Å². The molecule has 1 amide bonds. The van der Waals surface area contributed by atoms with Crippen LogP contribution in [-0.4, -0.2) is 37.6 Å². The number of carbonyl (C=O) groups is 1. The lowest BCUT2D eigenvalue weighted by Gasteiger charge is -2.16. The van der Waals surface area contributed by atoms with Crippen molar-refractivity contribution in [2.45, 2.75) is 20.0 Å². The van der Waals surface area contributed by atoms with E-state index in [9.17, 15) is 4.79 Å². The van der Waals surface area contributed by atoms with Crippen LogP contribution in [-0.2, 0) is 20.1 Å². The van der Waals surface area contributed by atoms with Crippen molar-refractivity contribution in [3.8, 4) is 0 Å². The molecule has 0 saturated carbocycles. The Bertz CT molecular complexity index is 871. The standard InChI is InChI=1S/C19H22N6O/c1-14-10-22-25(3)18(14)23-19(26)16-6-4-5-15(9-16)12-24(2)13-17-11-20-7-8-21-17/h4-11H,12-13H2,1-3H3,(H,23,26). The van der Waals surface area contributed by atoms with Crippen molar-refractivity contribution >= 4 is 11.7 Å². The Balaban J connectivity index is 1.67. The third kappa shape index (κ3) is 4.31. The topological polar surface area (TPSA) is 75.9 Å². The van der Waals surface area contributed by atoms with Crippen molar-refractivity contribution < 1.29 is 4.79 Å². The molecule has 1 aromatic carbocycles. The molecule has 2 heterocycles. The van der Waals surface area contributed by atoms with Gasteiger partial charge in [0, 0.05) is 49.9 Å². The van der Waals surface area contributed by atoms with Crippen LogP contribution < -0.4 is 5.32 Å². The third-order valence-electron chi connectivity index (χ3n) is 4.04. The molecule has 0 radical (unpaired) electrons. The molecule has 7 heteroatoms. The van der Waals surface area contributed by atoms with Gasteiger partial charge in [-0.1, -0.05) is 12.1 Å². The zero-order valence-corrected chi connectivity index (χ0v) is 15.2. The van der Waals surface area contributed by atoms with Gasteiger partial charge in [0.05, 0.1) is 11.9 Å². The second kappa shape index (κ2) is 7.88. The lowest BCUT2D eigenvalue weighted by Crippen LogP contribution is -2.19. The van der Waals surface area contributed by atoms with Crippen LogP contribution in [0.2, 0.25) is 0 Å². The normalized spacial score (nSPS) is 10.9. The lowest BCUT2D eigenvalue weighted by molar-refractivity contribution is 0.102. The fraction of sp³-hybridized carbons (Fsp3) is 0.263. The molecule has 0 unspecified atom stereocenters. The summed E-state index contributed by atoms with van der Waals surface area (Å²) in [6.07, 6.45) is 6.84. The minimum absolute atomic E-state index is 0.143. The van der Waals surface area contributed by atoms with Crippen LogP contribution in [0.1, 0.15) is 27.2 Å². The van der Waals surface area contributed by atoms with Crippen LogP contribution in [0.4, 0.5) is 5.82 Å². The second-order valence-electron chi connectivity index (χ2n) is 6.32. The highest BCUT2D eigenvalue weighted by molar-refractivity contribution is 6.04. The maximum absolute atomic E-state index is 12.6. The zero-order valence-electron chi connectivity index (χ0n) is 15.2. The molecule has 0 bridgehead atoms. The molecule has 2 aromatic heterocycles. The largest absolute Gasteiger partial charge is 0.307 e. The van der Waals surface area contributed by atoms with Gasteiger partial charge in [0.15, 0.2) is 0 Å². The molecule has 7 nitrogen and oxygen atoms in total. The first-order chi connectivity index (χ1) is 12.5. The smallest absolute Gasteiger partial charge is 0.256 e. The van der Waals surface area contributed by atoms with E-state index in [1.54, 1.807) is 36.5 Å². The SMILES string of the molecule is Cc1cnn(C)c1NC(=O)c1cccc(CN(C)Cc2cnccn2)c1. The predicted molar refractivity (Wildman–Crippen MR) is 99.5 cm³/mol. The summed E-state index contributed by atoms with van der Waals surface area (Å²) in [5.41, 5.74) is 3.53. The molecule has 3 aromatic rings. The first kappa shape index (κ1) is 17.8. The number of aryl methyl sites for hydroxylation is 2. The number of hydrogen-bond acceptors (Lipinski definition) is 5. The number of rotatable bonds is 6. The summed E-state index contributed by atoms with van der Waals surface area (Å²) in [6, 6.07) is 7.64. The highest BCUT2D eigenvalue weighted by Crippen LogP contribution is 2.15. The molecule has 0 spiro atoms. The number of aromatic nitrogens is 4. The van der Waals surface area contributed by atoms with Crippen LogP contribution >= 0.6 is 0 Å². The predicted octanol–water partition coefficient (Wildman–Crippen LogP) is 2.40. The van der Waals surface area contributed by atoms with Gasteiger partial charge in [-0.3, -0.25) is 24.3 Å². The van der Waals surface area contributed by atoms with Crippen molar-refractivity contribution in [3.05, 3.63) is 71.4 Å². The van der Waals surface area contributed by atoms with E-state index in [0.29, 0.717) is 24.5 Å². The summed E-state index contributed by atoms with van der Waals surface area (Å²) in [6.45, 7) is 3.32. The molecular formula is C19H22N6O. The molecule has 0 aliphatic rings. The summed E-state index contributed by atoms with van der Waals surface area (Å²) in [4.78, 5) is 23.1. The Morgan fingerprint density at radius 3 is 2.77 bits per heavy atom. The fourth-order valence-corrected chi connectivity index (χ4v) is 2.77. The Morgan fingerprint density at radius 2 is 2.08 bits per heavy atom. The number of nitrogens with zero attached hydrogens (tertiary/aromatic N) is 5.